The number of nitrogens with zero attached hydrogens (tertiary/aromatic N) is 4. The van der Waals surface area contributed by atoms with Crippen molar-refractivity contribution >= 4 is 11.8 Å². The molecule has 1 N–H and O–H groups in total. The molecule has 0 saturated carbocycles. The second-order valence-corrected chi connectivity index (χ2v) is 5.93. The molecular formula is C15H17N5O2S. The fourth-order valence-corrected chi connectivity index (χ4v) is 2.88. The van der Waals surface area contributed by atoms with Gasteiger partial charge in [-0.1, -0.05) is 60.6 Å². The van der Waals surface area contributed by atoms with Crippen molar-refractivity contribution in [1.82, 2.24) is 24.9 Å². The SMILES string of the molecule is CCCCn1c(SCc2nc(-c3ccccc3)no2)n[nH]c1=O. The summed E-state index contributed by atoms with van der Waals surface area (Å²) in [6, 6.07) is 9.65. The number of thioether (sulfide) groups is 1. The van der Waals surface area contributed by atoms with E-state index in [0.717, 1.165) is 18.4 Å². The van der Waals surface area contributed by atoms with Gasteiger partial charge in [0.05, 0.1) is 5.75 Å². The van der Waals surface area contributed by atoms with Crippen molar-refractivity contribution in [2.75, 3.05) is 0 Å². The Labute approximate surface area is 137 Å². The molecule has 2 aromatic heterocycles. The molecule has 2 heterocycles. The van der Waals surface area contributed by atoms with Crippen LogP contribution in [0.5, 0.6) is 0 Å². The van der Waals surface area contributed by atoms with Crippen molar-refractivity contribution in [3.63, 3.8) is 0 Å². The van der Waals surface area contributed by atoms with Crippen molar-refractivity contribution in [1.29, 1.82) is 0 Å². The van der Waals surface area contributed by atoms with Crippen LogP contribution in [0.4, 0.5) is 0 Å². The van der Waals surface area contributed by atoms with Gasteiger partial charge in [0.1, 0.15) is 0 Å². The molecule has 0 aliphatic carbocycles. The molecule has 8 heteroatoms. The lowest BCUT2D eigenvalue weighted by Gasteiger charge is -2.02. The Bertz CT molecular complexity index is 809. The van der Waals surface area contributed by atoms with Crippen LogP contribution in [-0.2, 0) is 12.3 Å². The molecule has 0 bridgehead atoms. The van der Waals surface area contributed by atoms with E-state index in [1.165, 1.54) is 11.8 Å². The Kier molecular flexibility index (Phi) is 4.92. The first-order valence-corrected chi connectivity index (χ1v) is 8.42. The van der Waals surface area contributed by atoms with E-state index in [4.69, 9.17) is 4.52 Å². The highest BCUT2D eigenvalue weighted by Crippen LogP contribution is 2.21. The van der Waals surface area contributed by atoms with Gasteiger partial charge >= 0.3 is 5.69 Å². The summed E-state index contributed by atoms with van der Waals surface area (Å²) in [6.45, 7) is 2.74. The van der Waals surface area contributed by atoms with Crippen LogP contribution in [0.3, 0.4) is 0 Å². The molecule has 0 atom stereocenters. The second-order valence-electron chi connectivity index (χ2n) is 4.98. The molecule has 0 aliphatic heterocycles. The van der Waals surface area contributed by atoms with Crippen molar-refractivity contribution in [2.24, 2.45) is 0 Å². The van der Waals surface area contributed by atoms with Crippen molar-refractivity contribution in [2.45, 2.75) is 37.2 Å². The number of hydrogen-bond acceptors (Lipinski definition) is 6. The van der Waals surface area contributed by atoms with Gasteiger partial charge in [0, 0.05) is 12.1 Å². The lowest BCUT2D eigenvalue weighted by atomic mass is 10.2. The summed E-state index contributed by atoms with van der Waals surface area (Å²) >= 11 is 1.40. The summed E-state index contributed by atoms with van der Waals surface area (Å²) in [7, 11) is 0. The highest BCUT2D eigenvalue weighted by molar-refractivity contribution is 7.98. The van der Waals surface area contributed by atoms with E-state index < -0.39 is 0 Å². The maximum absolute atomic E-state index is 11.7. The molecule has 23 heavy (non-hydrogen) atoms. The molecule has 0 aliphatic rings. The summed E-state index contributed by atoms with van der Waals surface area (Å²) in [5.41, 5.74) is 0.726. The maximum atomic E-state index is 11.7. The van der Waals surface area contributed by atoms with Crippen LogP contribution in [-0.4, -0.2) is 24.9 Å². The minimum Gasteiger partial charge on any atom is -0.338 e. The smallest absolute Gasteiger partial charge is 0.338 e. The monoisotopic (exact) mass is 331 g/mol. The van der Waals surface area contributed by atoms with Gasteiger partial charge in [-0.2, -0.15) is 4.98 Å². The van der Waals surface area contributed by atoms with E-state index in [1.807, 2.05) is 30.3 Å². The Morgan fingerprint density at radius 2 is 2.13 bits per heavy atom. The standard InChI is InChI=1S/C15H17N5O2S/c1-2-3-9-20-14(21)17-18-15(20)23-10-12-16-13(19-22-12)11-7-5-4-6-8-11/h4-8H,2-3,9-10H2,1H3,(H,17,21). The van der Waals surface area contributed by atoms with Crippen LogP contribution < -0.4 is 5.69 Å². The van der Waals surface area contributed by atoms with Crippen molar-refractivity contribution in [3.05, 3.63) is 46.7 Å². The number of hydrogen-bond donors (Lipinski definition) is 1. The van der Waals surface area contributed by atoms with Crippen LogP contribution in [0.15, 0.2) is 44.8 Å². The number of nitrogens with one attached hydrogen (secondary N) is 1. The number of rotatable bonds is 7. The largest absolute Gasteiger partial charge is 0.343 e. The molecule has 0 spiro atoms. The fourth-order valence-electron chi connectivity index (χ4n) is 2.07. The third-order valence-corrected chi connectivity index (χ3v) is 4.24. The molecular weight excluding hydrogens is 314 g/mol. The third-order valence-electron chi connectivity index (χ3n) is 3.28. The second kappa shape index (κ2) is 7.28. The van der Waals surface area contributed by atoms with Gasteiger partial charge in [-0.05, 0) is 6.42 Å². The van der Waals surface area contributed by atoms with Gasteiger partial charge in [0.25, 0.3) is 0 Å². The first-order valence-electron chi connectivity index (χ1n) is 7.44. The van der Waals surface area contributed by atoms with Gasteiger partial charge in [0.15, 0.2) is 5.16 Å². The molecule has 3 rings (SSSR count). The van der Waals surface area contributed by atoms with Gasteiger partial charge in [-0.15, -0.1) is 5.10 Å². The first-order chi connectivity index (χ1) is 11.3. The summed E-state index contributed by atoms with van der Waals surface area (Å²) in [5, 5.41) is 11.2. The summed E-state index contributed by atoms with van der Waals surface area (Å²) < 4.78 is 6.90. The van der Waals surface area contributed by atoms with Gasteiger partial charge in [-0.3, -0.25) is 4.57 Å². The van der Waals surface area contributed by atoms with Gasteiger partial charge in [0.2, 0.25) is 11.7 Å². The quantitative estimate of drug-likeness (QED) is 0.670. The molecule has 0 saturated heterocycles. The predicted molar refractivity (Wildman–Crippen MR) is 87.1 cm³/mol. The topological polar surface area (TPSA) is 89.6 Å². The molecule has 1 aromatic carbocycles. The van der Waals surface area contributed by atoms with E-state index in [1.54, 1.807) is 4.57 Å². The van der Waals surface area contributed by atoms with E-state index in [0.29, 0.717) is 29.2 Å². The summed E-state index contributed by atoms with van der Waals surface area (Å²) in [5.74, 6) is 1.54. The summed E-state index contributed by atoms with van der Waals surface area (Å²) in [6.07, 6.45) is 1.96. The summed E-state index contributed by atoms with van der Waals surface area (Å²) in [4.78, 5) is 16.1. The molecule has 0 fully saturated rings. The van der Waals surface area contributed by atoms with Crippen molar-refractivity contribution < 1.29 is 4.52 Å². The minimum absolute atomic E-state index is 0.184. The Morgan fingerprint density at radius 3 is 2.91 bits per heavy atom. The molecule has 3 aromatic rings. The van der Waals surface area contributed by atoms with Crippen molar-refractivity contribution in [3.8, 4) is 11.4 Å². The molecule has 0 radical (unpaired) electrons. The number of benzene rings is 1. The fraction of sp³-hybridized carbons (Fsp3) is 0.333. The van der Waals surface area contributed by atoms with Crippen LogP contribution in [0, 0.1) is 0 Å². The Morgan fingerprint density at radius 1 is 1.30 bits per heavy atom. The van der Waals surface area contributed by atoms with Crippen LogP contribution in [0.1, 0.15) is 25.7 Å². The first kappa shape index (κ1) is 15.5. The maximum Gasteiger partial charge on any atom is 0.343 e. The predicted octanol–water partition coefficient (Wildman–Crippen LogP) is 2.71. The zero-order valence-electron chi connectivity index (χ0n) is 12.7. The number of aromatic amines is 1. The molecule has 7 nitrogen and oxygen atoms in total. The van der Waals surface area contributed by atoms with Crippen LogP contribution in [0.25, 0.3) is 11.4 Å². The lowest BCUT2D eigenvalue weighted by Crippen LogP contribution is -2.17. The average molecular weight is 331 g/mol. The number of unbranched alkanes of at least 4 members (excludes halogenated alkanes) is 1. The number of H-pyrrole nitrogens is 1. The van der Waals surface area contributed by atoms with E-state index in [-0.39, 0.29) is 5.69 Å². The number of aromatic nitrogens is 5. The zero-order chi connectivity index (χ0) is 16.1. The third kappa shape index (κ3) is 3.70. The normalized spacial score (nSPS) is 11.0. The van der Waals surface area contributed by atoms with Gasteiger partial charge < -0.3 is 4.52 Å². The van der Waals surface area contributed by atoms with Crippen LogP contribution in [0.2, 0.25) is 0 Å². The lowest BCUT2D eigenvalue weighted by molar-refractivity contribution is 0.391. The highest BCUT2D eigenvalue weighted by Gasteiger charge is 2.12. The Balaban J connectivity index is 1.68. The van der Waals surface area contributed by atoms with Crippen LogP contribution >= 0.6 is 11.8 Å². The molecule has 0 amide bonds. The van der Waals surface area contributed by atoms with Gasteiger partial charge in [-0.25, -0.2) is 9.89 Å². The van der Waals surface area contributed by atoms with E-state index in [9.17, 15) is 4.79 Å². The van der Waals surface area contributed by atoms with E-state index in [2.05, 4.69) is 27.3 Å². The molecule has 0 unspecified atom stereocenters. The zero-order valence-corrected chi connectivity index (χ0v) is 13.5. The van der Waals surface area contributed by atoms with E-state index >= 15 is 0 Å². The molecule has 120 valence electrons. The Hall–Kier alpha value is -2.35. The average Bonchev–Trinajstić information content (AvgIpc) is 3.19. The minimum atomic E-state index is -0.184. The highest BCUT2D eigenvalue weighted by atomic mass is 32.2.